The standard InChI is InChI=1S/C10H15N3/c11-9-1-3-10(4-2-9)13-7-5-12-6-8-13/h1-4,12H,5-8,11H2/p+3. The molecular formula is C10H18N3+3. The highest BCUT2D eigenvalue weighted by molar-refractivity contribution is 5.38. The van der Waals surface area contributed by atoms with Crippen LogP contribution in [0, 0.1) is 0 Å². The summed E-state index contributed by atoms with van der Waals surface area (Å²) in [5, 5.41) is 2.39. The van der Waals surface area contributed by atoms with Gasteiger partial charge in [-0.1, -0.05) is 0 Å². The van der Waals surface area contributed by atoms with E-state index in [2.05, 4.69) is 35.3 Å². The molecule has 1 aromatic rings. The smallest absolute Gasteiger partial charge is 0.132 e. The molecule has 2 rings (SSSR count). The quantitative estimate of drug-likeness (QED) is 0.434. The first-order valence-electron chi connectivity index (χ1n) is 4.95. The first-order valence-corrected chi connectivity index (χ1v) is 4.95. The zero-order chi connectivity index (χ0) is 9.10. The van der Waals surface area contributed by atoms with Gasteiger partial charge in [0.1, 0.15) is 37.6 Å². The van der Waals surface area contributed by atoms with Gasteiger partial charge >= 0.3 is 0 Å². The average molecular weight is 180 g/mol. The lowest BCUT2D eigenvalue weighted by Gasteiger charge is -2.21. The number of hydrogen-bond donors (Lipinski definition) is 3. The van der Waals surface area contributed by atoms with Crippen molar-refractivity contribution in [2.75, 3.05) is 26.2 Å². The number of quaternary nitrogens is 3. The van der Waals surface area contributed by atoms with E-state index in [-0.39, 0.29) is 0 Å². The molecule has 0 amide bonds. The topological polar surface area (TPSA) is 48.7 Å². The molecule has 1 aliphatic heterocycles. The zero-order valence-corrected chi connectivity index (χ0v) is 7.92. The Labute approximate surface area is 78.5 Å². The van der Waals surface area contributed by atoms with Crippen LogP contribution in [-0.2, 0) is 0 Å². The van der Waals surface area contributed by atoms with Crippen molar-refractivity contribution in [3.63, 3.8) is 0 Å². The SMILES string of the molecule is [NH3+]c1ccc([NH+]2CC[NH2+]CC2)cc1. The predicted molar refractivity (Wildman–Crippen MR) is 51.0 cm³/mol. The molecule has 3 heteroatoms. The first kappa shape index (κ1) is 8.69. The average Bonchev–Trinajstić information content (AvgIpc) is 2.20. The summed E-state index contributed by atoms with van der Waals surface area (Å²) in [5.74, 6) is 0. The van der Waals surface area contributed by atoms with Gasteiger partial charge in [-0.2, -0.15) is 0 Å². The van der Waals surface area contributed by atoms with Crippen molar-refractivity contribution >= 4 is 11.4 Å². The number of benzene rings is 1. The molecule has 0 spiro atoms. The summed E-state index contributed by atoms with van der Waals surface area (Å²) in [5.41, 5.74) is 6.41. The minimum atomic E-state index is 1.10. The second kappa shape index (κ2) is 3.87. The Morgan fingerprint density at radius 2 is 1.69 bits per heavy atom. The van der Waals surface area contributed by atoms with E-state index in [9.17, 15) is 0 Å². The van der Waals surface area contributed by atoms with Gasteiger partial charge in [0.05, 0.1) is 0 Å². The summed E-state index contributed by atoms with van der Waals surface area (Å²) >= 11 is 0. The summed E-state index contributed by atoms with van der Waals surface area (Å²) < 4.78 is 0. The Kier molecular flexibility index (Phi) is 2.59. The predicted octanol–water partition coefficient (Wildman–Crippen LogP) is -2.35. The van der Waals surface area contributed by atoms with Crippen molar-refractivity contribution in [3.05, 3.63) is 24.3 Å². The van der Waals surface area contributed by atoms with Gasteiger partial charge in [0.2, 0.25) is 0 Å². The van der Waals surface area contributed by atoms with E-state index in [0.29, 0.717) is 0 Å². The van der Waals surface area contributed by atoms with E-state index >= 15 is 0 Å². The molecule has 70 valence electrons. The number of nitrogens with one attached hydrogen (secondary N) is 1. The fraction of sp³-hybridized carbons (Fsp3) is 0.400. The van der Waals surface area contributed by atoms with Crippen molar-refractivity contribution in [2.24, 2.45) is 0 Å². The maximum atomic E-state index is 3.89. The van der Waals surface area contributed by atoms with Crippen LogP contribution in [0.25, 0.3) is 0 Å². The monoisotopic (exact) mass is 180 g/mol. The fourth-order valence-electron chi connectivity index (χ4n) is 1.85. The number of rotatable bonds is 1. The van der Waals surface area contributed by atoms with Gasteiger partial charge in [-0.25, -0.2) is 0 Å². The van der Waals surface area contributed by atoms with E-state index in [1.807, 2.05) is 0 Å². The molecule has 0 atom stereocenters. The molecule has 0 aliphatic carbocycles. The van der Waals surface area contributed by atoms with Crippen LogP contribution in [0.5, 0.6) is 0 Å². The molecule has 1 fully saturated rings. The summed E-state index contributed by atoms with van der Waals surface area (Å²) in [7, 11) is 0. The highest BCUT2D eigenvalue weighted by Crippen LogP contribution is 2.04. The Bertz CT molecular complexity index is 262. The van der Waals surface area contributed by atoms with Crippen LogP contribution in [0.15, 0.2) is 24.3 Å². The van der Waals surface area contributed by atoms with Crippen LogP contribution >= 0.6 is 0 Å². The van der Waals surface area contributed by atoms with E-state index in [4.69, 9.17) is 0 Å². The first-order chi connectivity index (χ1) is 6.36. The van der Waals surface area contributed by atoms with Crippen LogP contribution in [0.2, 0.25) is 0 Å². The highest BCUT2D eigenvalue weighted by atomic mass is 15.2. The molecule has 1 aromatic carbocycles. The van der Waals surface area contributed by atoms with E-state index in [1.165, 1.54) is 31.9 Å². The van der Waals surface area contributed by atoms with Gasteiger partial charge in [-0.15, -0.1) is 0 Å². The molecule has 0 unspecified atom stereocenters. The second-order valence-electron chi connectivity index (χ2n) is 3.67. The summed E-state index contributed by atoms with van der Waals surface area (Å²) in [4.78, 5) is 1.61. The van der Waals surface area contributed by atoms with Crippen LogP contribution in [-0.4, -0.2) is 26.2 Å². The zero-order valence-electron chi connectivity index (χ0n) is 7.92. The molecule has 1 aliphatic rings. The summed E-state index contributed by atoms with van der Waals surface area (Å²) in [6.45, 7) is 5.00. The molecular weight excluding hydrogens is 162 g/mol. The Hall–Kier alpha value is -0.900. The molecule has 3 nitrogen and oxygen atoms in total. The van der Waals surface area contributed by atoms with Crippen LogP contribution in [0.3, 0.4) is 0 Å². The van der Waals surface area contributed by atoms with Crippen molar-refractivity contribution in [1.82, 2.24) is 0 Å². The highest BCUT2D eigenvalue weighted by Gasteiger charge is 2.17. The molecule has 6 N–H and O–H groups in total. The number of hydrogen-bond acceptors (Lipinski definition) is 0. The third-order valence-electron chi connectivity index (χ3n) is 2.66. The third-order valence-corrected chi connectivity index (χ3v) is 2.66. The molecule has 0 saturated carbocycles. The summed E-state index contributed by atoms with van der Waals surface area (Å²) in [6.07, 6.45) is 0. The molecule has 1 heterocycles. The second-order valence-corrected chi connectivity index (χ2v) is 3.67. The lowest BCUT2D eigenvalue weighted by molar-refractivity contribution is -0.895. The van der Waals surface area contributed by atoms with Crippen LogP contribution in [0.1, 0.15) is 0 Å². The van der Waals surface area contributed by atoms with Gasteiger partial charge in [0.15, 0.2) is 0 Å². The maximum absolute atomic E-state index is 3.89. The van der Waals surface area contributed by atoms with Gasteiger partial charge in [-0.3, -0.25) is 4.90 Å². The maximum Gasteiger partial charge on any atom is 0.132 e. The van der Waals surface area contributed by atoms with Gasteiger partial charge in [-0.05, 0) is 0 Å². The van der Waals surface area contributed by atoms with Gasteiger partial charge in [0, 0.05) is 24.3 Å². The largest absolute Gasteiger partial charge is 0.337 e. The molecule has 0 radical (unpaired) electrons. The third kappa shape index (κ3) is 2.06. The van der Waals surface area contributed by atoms with Crippen molar-refractivity contribution in [3.8, 4) is 0 Å². The minimum Gasteiger partial charge on any atom is -0.337 e. The van der Waals surface area contributed by atoms with Crippen molar-refractivity contribution < 1.29 is 16.0 Å². The van der Waals surface area contributed by atoms with Crippen molar-refractivity contribution in [1.29, 1.82) is 0 Å². The Balaban J connectivity index is 2.10. The van der Waals surface area contributed by atoms with E-state index in [1.54, 1.807) is 4.90 Å². The summed E-state index contributed by atoms with van der Waals surface area (Å²) in [6, 6.07) is 8.59. The molecule has 0 bridgehead atoms. The molecule has 0 aromatic heterocycles. The Morgan fingerprint density at radius 3 is 2.31 bits per heavy atom. The Morgan fingerprint density at radius 1 is 1.08 bits per heavy atom. The van der Waals surface area contributed by atoms with Gasteiger partial charge in [0.25, 0.3) is 0 Å². The number of piperazine rings is 1. The van der Waals surface area contributed by atoms with Crippen molar-refractivity contribution in [2.45, 2.75) is 0 Å². The normalized spacial score (nSPS) is 18.8. The van der Waals surface area contributed by atoms with E-state index < -0.39 is 0 Å². The number of nitrogens with two attached hydrogens (primary N) is 1. The molecule has 1 saturated heterocycles. The molecule has 13 heavy (non-hydrogen) atoms. The fourth-order valence-corrected chi connectivity index (χ4v) is 1.85. The van der Waals surface area contributed by atoms with Gasteiger partial charge < -0.3 is 11.1 Å². The van der Waals surface area contributed by atoms with Crippen LogP contribution < -0.4 is 16.0 Å². The lowest BCUT2D eigenvalue weighted by atomic mass is 10.2. The minimum absolute atomic E-state index is 1.10. The van der Waals surface area contributed by atoms with Crippen LogP contribution in [0.4, 0.5) is 11.4 Å². The lowest BCUT2D eigenvalue weighted by Crippen LogP contribution is -3.17. The van der Waals surface area contributed by atoms with E-state index in [0.717, 1.165) is 5.69 Å².